The molecule has 0 saturated heterocycles. The maximum absolute atomic E-state index is 11.7. The Bertz CT molecular complexity index is 171. The van der Waals surface area contributed by atoms with E-state index in [9.17, 15) is 4.21 Å². The van der Waals surface area contributed by atoms with Crippen LogP contribution in [0.5, 0.6) is 0 Å². The highest BCUT2D eigenvalue weighted by atomic mass is 32.2. The third-order valence-corrected chi connectivity index (χ3v) is 4.20. The molecule has 0 aromatic rings. The molecule has 0 spiro atoms. The molecule has 0 aliphatic heterocycles. The first kappa shape index (κ1) is 14.1. The van der Waals surface area contributed by atoms with Crippen LogP contribution in [0.15, 0.2) is 0 Å². The summed E-state index contributed by atoms with van der Waals surface area (Å²) in [7, 11) is -0.683. The van der Waals surface area contributed by atoms with E-state index in [-0.39, 0.29) is 5.25 Å². The van der Waals surface area contributed by atoms with E-state index >= 15 is 0 Å². The van der Waals surface area contributed by atoms with Gasteiger partial charge in [-0.05, 0) is 26.3 Å². The lowest BCUT2D eigenvalue weighted by Crippen LogP contribution is -2.32. The van der Waals surface area contributed by atoms with Gasteiger partial charge in [0.05, 0.1) is 0 Å². The van der Waals surface area contributed by atoms with E-state index in [1.54, 1.807) is 0 Å². The molecule has 0 aliphatic carbocycles. The van der Waals surface area contributed by atoms with E-state index in [2.05, 4.69) is 26.1 Å². The first-order chi connectivity index (χ1) is 6.49. The van der Waals surface area contributed by atoms with Crippen molar-refractivity contribution in [3.8, 4) is 0 Å². The molecule has 0 aromatic heterocycles. The zero-order valence-corrected chi connectivity index (χ0v) is 11.0. The van der Waals surface area contributed by atoms with E-state index < -0.39 is 10.8 Å². The first-order valence-electron chi connectivity index (χ1n) is 5.61. The summed E-state index contributed by atoms with van der Waals surface area (Å²) in [5.74, 6) is 0. The van der Waals surface area contributed by atoms with Gasteiger partial charge in [0.1, 0.15) is 0 Å². The lowest BCUT2D eigenvalue weighted by molar-refractivity contribution is 0.507. The molecule has 0 aromatic carbocycles. The molecular formula is C11H25NOS. The van der Waals surface area contributed by atoms with Gasteiger partial charge in [0.15, 0.2) is 0 Å². The second-order valence-electron chi connectivity index (χ2n) is 4.28. The molecule has 0 aliphatic rings. The van der Waals surface area contributed by atoms with Crippen LogP contribution in [0.1, 0.15) is 47.5 Å². The fourth-order valence-electron chi connectivity index (χ4n) is 1.53. The van der Waals surface area contributed by atoms with Gasteiger partial charge in [0.2, 0.25) is 0 Å². The molecule has 0 radical (unpaired) electrons. The molecule has 2 nitrogen and oxygen atoms in total. The summed E-state index contributed by atoms with van der Waals surface area (Å²) < 4.78 is 11.7. The maximum Gasteiger partial charge on any atom is 0.0337 e. The fourth-order valence-corrected chi connectivity index (χ4v) is 2.94. The van der Waals surface area contributed by atoms with Gasteiger partial charge < -0.3 is 5.32 Å². The lowest BCUT2D eigenvalue weighted by atomic mass is 10.2. The summed E-state index contributed by atoms with van der Waals surface area (Å²) in [4.78, 5) is 0. The van der Waals surface area contributed by atoms with Crippen molar-refractivity contribution in [2.24, 2.45) is 0 Å². The topological polar surface area (TPSA) is 29.1 Å². The highest BCUT2D eigenvalue weighted by Gasteiger charge is 2.16. The Morgan fingerprint density at radius 3 is 2.21 bits per heavy atom. The minimum atomic E-state index is -0.683. The van der Waals surface area contributed by atoms with Crippen LogP contribution in [0.2, 0.25) is 0 Å². The molecule has 0 rings (SSSR count). The van der Waals surface area contributed by atoms with Crippen LogP contribution in [-0.2, 0) is 10.8 Å². The third-order valence-electron chi connectivity index (χ3n) is 2.29. The minimum Gasteiger partial charge on any atom is -0.314 e. The van der Waals surface area contributed by atoms with Crippen LogP contribution in [0.3, 0.4) is 0 Å². The molecule has 0 bridgehead atoms. The second kappa shape index (κ2) is 7.41. The van der Waals surface area contributed by atoms with E-state index in [1.807, 2.05) is 13.8 Å². The van der Waals surface area contributed by atoms with Gasteiger partial charge in [0, 0.05) is 27.3 Å². The summed E-state index contributed by atoms with van der Waals surface area (Å²) in [5, 5.41) is 4.00. The van der Waals surface area contributed by atoms with Crippen molar-refractivity contribution in [3.63, 3.8) is 0 Å². The predicted octanol–water partition coefficient (Wildman–Crippen LogP) is 2.31. The van der Waals surface area contributed by atoms with Crippen molar-refractivity contribution < 1.29 is 4.21 Å². The monoisotopic (exact) mass is 219 g/mol. The van der Waals surface area contributed by atoms with E-state index in [0.29, 0.717) is 11.3 Å². The standard InChI is InChI=1S/C11H25NOS/c1-6-7-12-10(4)8-11(5)14(13)9(2)3/h9-12H,6-8H2,1-5H3. The molecular weight excluding hydrogens is 194 g/mol. The Balaban J connectivity index is 3.80. The van der Waals surface area contributed by atoms with Crippen LogP contribution in [-0.4, -0.2) is 27.3 Å². The van der Waals surface area contributed by atoms with Crippen LogP contribution < -0.4 is 5.32 Å². The molecule has 14 heavy (non-hydrogen) atoms. The van der Waals surface area contributed by atoms with Crippen LogP contribution in [0.4, 0.5) is 0 Å². The average Bonchev–Trinajstić information content (AvgIpc) is 2.13. The van der Waals surface area contributed by atoms with Crippen molar-refractivity contribution >= 4 is 10.8 Å². The highest BCUT2D eigenvalue weighted by molar-refractivity contribution is 7.86. The van der Waals surface area contributed by atoms with Gasteiger partial charge in [-0.1, -0.05) is 27.7 Å². The van der Waals surface area contributed by atoms with Gasteiger partial charge in [-0.2, -0.15) is 0 Å². The number of rotatable bonds is 7. The van der Waals surface area contributed by atoms with Crippen molar-refractivity contribution in [1.82, 2.24) is 5.32 Å². The summed E-state index contributed by atoms with van der Waals surface area (Å²) in [6.07, 6.45) is 2.16. The van der Waals surface area contributed by atoms with Crippen molar-refractivity contribution in [2.45, 2.75) is 64.0 Å². The Morgan fingerprint density at radius 2 is 1.79 bits per heavy atom. The molecule has 0 fully saturated rings. The summed E-state index contributed by atoms with van der Waals surface area (Å²) in [5.41, 5.74) is 0. The second-order valence-corrected chi connectivity index (χ2v) is 6.68. The fraction of sp³-hybridized carbons (Fsp3) is 1.00. The van der Waals surface area contributed by atoms with Gasteiger partial charge in [-0.25, -0.2) is 0 Å². The molecule has 0 heterocycles. The van der Waals surface area contributed by atoms with E-state index in [4.69, 9.17) is 0 Å². The largest absolute Gasteiger partial charge is 0.314 e. The number of hydrogen-bond donors (Lipinski definition) is 1. The van der Waals surface area contributed by atoms with E-state index in [1.165, 1.54) is 0 Å². The number of nitrogens with one attached hydrogen (secondary N) is 1. The molecule has 0 saturated carbocycles. The molecule has 1 N–H and O–H groups in total. The van der Waals surface area contributed by atoms with Crippen molar-refractivity contribution in [2.75, 3.05) is 6.54 Å². The van der Waals surface area contributed by atoms with Crippen LogP contribution in [0, 0.1) is 0 Å². The zero-order chi connectivity index (χ0) is 11.1. The summed E-state index contributed by atoms with van der Waals surface area (Å²) >= 11 is 0. The molecule has 3 heteroatoms. The van der Waals surface area contributed by atoms with Gasteiger partial charge in [-0.15, -0.1) is 0 Å². The molecule has 3 unspecified atom stereocenters. The molecule has 86 valence electrons. The van der Waals surface area contributed by atoms with E-state index in [0.717, 1.165) is 19.4 Å². The van der Waals surface area contributed by atoms with Crippen LogP contribution >= 0.6 is 0 Å². The number of hydrogen-bond acceptors (Lipinski definition) is 2. The van der Waals surface area contributed by atoms with Gasteiger partial charge in [0.25, 0.3) is 0 Å². The predicted molar refractivity (Wildman–Crippen MR) is 65.1 cm³/mol. The highest BCUT2D eigenvalue weighted by Crippen LogP contribution is 2.09. The smallest absolute Gasteiger partial charge is 0.0337 e. The Hall–Kier alpha value is 0.110. The lowest BCUT2D eigenvalue weighted by Gasteiger charge is -2.19. The zero-order valence-electron chi connectivity index (χ0n) is 10.2. The molecule has 0 amide bonds. The van der Waals surface area contributed by atoms with Crippen molar-refractivity contribution in [3.05, 3.63) is 0 Å². The van der Waals surface area contributed by atoms with Gasteiger partial charge >= 0.3 is 0 Å². The van der Waals surface area contributed by atoms with Gasteiger partial charge in [-0.3, -0.25) is 4.21 Å². The first-order valence-corrected chi connectivity index (χ1v) is 6.89. The van der Waals surface area contributed by atoms with Crippen molar-refractivity contribution in [1.29, 1.82) is 0 Å². The SMILES string of the molecule is CCCNC(C)CC(C)S(=O)C(C)C. The average molecular weight is 219 g/mol. The Labute approximate surface area is 91.3 Å². The summed E-state index contributed by atoms with van der Waals surface area (Å²) in [6.45, 7) is 11.5. The third kappa shape index (κ3) is 5.76. The maximum atomic E-state index is 11.7. The molecule has 3 atom stereocenters. The normalized spacial score (nSPS) is 18.1. The Morgan fingerprint density at radius 1 is 1.21 bits per heavy atom. The summed E-state index contributed by atoms with van der Waals surface area (Å²) in [6, 6.07) is 0.479. The van der Waals surface area contributed by atoms with Crippen LogP contribution in [0.25, 0.3) is 0 Å². The minimum absolute atomic E-state index is 0.281. The quantitative estimate of drug-likeness (QED) is 0.712. The Kier molecular flexibility index (Phi) is 7.47.